The van der Waals surface area contributed by atoms with Gasteiger partial charge in [-0.15, -0.1) is 0 Å². The molecule has 1 saturated heterocycles. The molecule has 1 aromatic rings. The lowest BCUT2D eigenvalue weighted by atomic mass is 10.1. The van der Waals surface area contributed by atoms with Gasteiger partial charge in [0.15, 0.2) is 5.82 Å². The molecule has 0 amide bonds. The average molecular weight is 239 g/mol. The van der Waals surface area contributed by atoms with Gasteiger partial charge >= 0.3 is 0 Å². The predicted molar refractivity (Wildman–Crippen MR) is 63.5 cm³/mol. The first-order chi connectivity index (χ1) is 8.40. The lowest BCUT2D eigenvalue weighted by Crippen LogP contribution is -2.20. The Labute approximate surface area is 102 Å². The summed E-state index contributed by atoms with van der Waals surface area (Å²) in [5.41, 5.74) is 0. The molecule has 1 N–H and O–H groups in total. The minimum absolute atomic E-state index is 0.227. The first-order valence-electron chi connectivity index (χ1n) is 6.53. The molecule has 17 heavy (non-hydrogen) atoms. The van der Waals surface area contributed by atoms with Crippen LogP contribution in [0.1, 0.15) is 56.8 Å². The van der Waals surface area contributed by atoms with Crippen molar-refractivity contribution >= 4 is 0 Å². The van der Waals surface area contributed by atoms with Crippen molar-refractivity contribution < 1.29 is 9.26 Å². The highest BCUT2D eigenvalue weighted by molar-refractivity contribution is 4.93. The number of hydrogen-bond donors (Lipinski definition) is 1. The van der Waals surface area contributed by atoms with Crippen molar-refractivity contribution in [1.29, 1.82) is 0 Å². The second-order valence-electron chi connectivity index (χ2n) is 4.46. The number of nitrogens with zero attached hydrogens (tertiary/aromatic N) is 2. The lowest BCUT2D eigenvalue weighted by molar-refractivity contribution is 0.114. The van der Waals surface area contributed by atoms with E-state index >= 15 is 0 Å². The maximum absolute atomic E-state index is 5.39. The topological polar surface area (TPSA) is 60.2 Å². The van der Waals surface area contributed by atoms with Gasteiger partial charge in [-0.1, -0.05) is 24.9 Å². The summed E-state index contributed by atoms with van der Waals surface area (Å²) < 4.78 is 10.7. The van der Waals surface area contributed by atoms with Crippen LogP contribution in [0, 0.1) is 0 Å². The Bertz CT molecular complexity index is 319. The minimum atomic E-state index is 0.227. The SMILES string of the molecule is CCCOCc1noc(C2CCCCCN2)n1. The first kappa shape index (κ1) is 12.5. The van der Waals surface area contributed by atoms with E-state index in [-0.39, 0.29) is 6.04 Å². The Hall–Kier alpha value is -0.940. The Kier molecular flexibility index (Phi) is 4.94. The number of nitrogens with one attached hydrogen (secondary N) is 1. The third kappa shape index (κ3) is 3.78. The summed E-state index contributed by atoms with van der Waals surface area (Å²) in [7, 11) is 0. The fourth-order valence-electron chi connectivity index (χ4n) is 2.01. The summed E-state index contributed by atoms with van der Waals surface area (Å²) in [5.74, 6) is 1.36. The second-order valence-corrected chi connectivity index (χ2v) is 4.46. The van der Waals surface area contributed by atoms with Crippen molar-refractivity contribution in [3.05, 3.63) is 11.7 Å². The van der Waals surface area contributed by atoms with E-state index < -0.39 is 0 Å². The summed E-state index contributed by atoms with van der Waals surface area (Å²) in [4.78, 5) is 4.38. The van der Waals surface area contributed by atoms with Crippen LogP contribution in [0.25, 0.3) is 0 Å². The molecule has 2 rings (SSSR count). The molecule has 1 unspecified atom stereocenters. The monoisotopic (exact) mass is 239 g/mol. The third-order valence-corrected chi connectivity index (χ3v) is 2.92. The summed E-state index contributed by atoms with van der Waals surface area (Å²) >= 11 is 0. The molecule has 0 spiro atoms. The van der Waals surface area contributed by atoms with Crippen LogP contribution in [0.4, 0.5) is 0 Å². The molecule has 5 nitrogen and oxygen atoms in total. The molecule has 0 aromatic carbocycles. The number of hydrogen-bond acceptors (Lipinski definition) is 5. The lowest BCUT2D eigenvalue weighted by Gasteiger charge is -2.09. The summed E-state index contributed by atoms with van der Waals surface area (Å²) in [6.45, 7) is 4.31. The van der Waals surface area contributed by atoms with Gasteiger partial charge in [0.2, 0.25) is 5.89 Å². The zero-order valence-corrected chi connectivity index (χ0v) is 10.4. The van der Waals surface area contributed by atoms with Crippen molar-refractivity contribution in [1.82, 2.24) is 15.5 Å². The Balaban J connectivity index is 1.87. The van der Waals surface area contributed by atoms with Gasteiger partial charge in [0.05, 0.1) is 6.04 Å². The molecule has 0 saturated carbocycles. The molecular weight excluding hydrogens is 218 g/mol. The summed E-state index contributed by atoms with van der Waals surface area (Å²) in [6, 6.07) is 0.227. The molecule has 5 heteroatoms. The van der Waals surface area contributed by atoms with E-state index in [0.717, 1.165) is 26.0 Å². The van der Waals surface area contributed by atoms with Gasteiger partial charge < -0.3 is 14.6 Å². The van der Waals surface area contributed by atoms with E-state index in [1.54, 1.807) is 0 Å². The number of ether oxygens (including phenoxy) is 1. The molecule has 0 aliphatic carbocycles. The van der Waals surface area contributed by atoms with E-state index in [4.69, 9.17) is 9.26 Å². The average Bonchev–Trinajstić information content (AvgIpc) is 2.64. The first-order valence-corrected chi connectivity index (χ1v) is 6.53. The Morgan fingerprint density at radius 2 is 2.35 bits per heavy atom. The van der Waals surface area contributed by atoms with E-state index in [2.05, 4.69) is 22.4 Å². The zero-order chi connectivity index (χ0) is 11.9. The maximum atomic E-state index is 5.39. The van der Waals surface area contributed by atoms with Crippen molar-refractivity contribution in [2.24, 2.45) is 0 Å². The molecule has 1 atom stereocenters. The van der Waals surface area contributed by atoms with Crippen LogP contribution in [0.2, 0.25) is 0 Å². The third-order valence-electron chi connectivity index (χ3n) is 2.92. The van der Waals surface area contributed by atoms with Gasteiger partial charge in [0.25, 0.3) is 0 Å². The van der Waals surface area contributed by atoms with Crippen LogP contribution in [-0.2, 0) is 11.3 Å². The molecule has 1 aliphatic rings. The van der Waals surface area contributed by atoms with Gasteiger partial charge in [-0.3, -0.25) is 0 Å². The molecule has 0 radical (unpaired) electrons. The fraction of sp³-hybridized carbons (Fsp3) is 0.833. The maximum Gasteiger partial charge on any atom is 0.243 e. The normalized spacial score (nSPS) is 21.4. The Morgan fingerprint density at radius 3 is 3.24 bits per heavy atom. The molecule has 0 bridgehead atoms. The van der Waals surface area contributed by atoms with E-state index in [1.807, 2.05) is 0 Å². The quantitative estimate of drug-likeness (QED) is 0.798. The van der Waals surface area contributed by atoms with Gasteiger partial charge in [-0.25, -0.2) is 0 Å². The van der Waals surface area contributed by atoms with Gasteiger partial charge in [-0.05, 0) is 25.8 Å². The molecule has 1 aromatic heterocycles. The van der Waals surface area contributed by atoms with E-state index in [0.29, 0.717) is 18.3 Å². The number of rotatable bonds is 5. The standard InChI is InChI=1S/C12H21N3O2/c1-2-8-16-9-11-14-12(17-15-11)10-6-4-3-5-7-13-10/h10,13H,2-9H2,1H3. The van der Waals surface area contributed by atoms with Crippen LogP contribution in [0.5, 0.6) is 0 Å². The number of aromatic nitrogens is 2. The smallest absolute Gasteiger partial charge is 0.243 e. The molecule has 1 fully saturated rings. The predicted octanol–water partition coefficient (Wildman–Crippen LogP) is 2.20. The highest BCUT2D eigenvalue weighted by Crippen LogP contribution is 2.21. The Morgan fingerprint density at radius 1 is 1.41 bits per heavy atom. The van der Waals surface area contributed by atoms with Gasteiger partial charge in [0.1, 0.15) is 6.61 Å². The highest BCUT2D eigenvalue weighted by Gasteiger charge is 2.19. The highest BCUT2D eigenvalue weighted by atomic mass is 16.5. The van der Waals surface area contributed by atoms with Crippen molar-refractivity contribution in [3.63, 3.8) is 0 Å². The van der Waals surface area contributed by atoms with Crippen LogP contribution in [0.3, 0.4) is 0 Å². The molecule has 1 aliphatic heterocycles. The van der Waals surface area contributed by atoms with Crippen molar-refractivity contribution in [3.8, 4) is 0 Å². The minimum Gasteiger partial charge on any atom is -0.373 e. The zero-order valence-electron chi connectivity index (χ0n) is 10.4. The largest absolute Gasteiger partial charge is 0.373 e. The van der Waals surface area contributed by atoms with Crippen molar-refractivity contribution in [2.75, 3.05) is 13.2 Å². The van der Waals surface area contributed by atoms with Gasteiger partial charge in [-0.2, -0.15) is 4.98 Å². The summed E-state index contributed by atoms with van der Waals surface area (Å²) in [5, 5.41) is 7.38. The van der Waals surface area contributed by atoms with Crippen LogP contribution in [-0.4, -0.2) is 23.3 Å². The van der Waals surface area contributed by atoms with E-state index in [9.17, 15) is 0 Å². The van der Waals surface area contributed by atoms with Crippen LogP contribution in [0.15, 0.2) is 4.52 Å². The fourth-order valence-corrected chi connectivity index (χ4v) is 2.01. The molecular formula is C12H21N3O2. The van der Waals surface area contributed by atoms with Crippen LogP contribution < -0.4 is 5.32 Å². The second kappa shape index (κ2) is 6.71. The van der Waals surface area contributed by atoms with E-state index in [1.165, 1.54) is 19.3 Å². The summed E-state index contributed by atoms with van der Waals surface area (Å²) in [6.07, 6.45) is 5.83. The van der Waals surface area contributed by atoms with Crippen molar-refractivity contribution in [2.45, 2.75) is 51.7 Å². The van der Waals surface area contributed by atoms with Gasteiger partial charge in [0, 0.05) is 6.61 Å². The van der Waals surface area contributed by atoms with Crippen LogP contribution >= 0.6 is 0 Å². The molecule has 96 valence electrons. The molecule has 2 heterocycles.